The Morgan fingerprint density at radius 2 is 1.89 bits per heavy atom. The van der Waals surface area contributed by atoms with Crippen molar-refractivity contribution in [3.05, 3.63) is 28.8 Å². The van der Waals surface area contributed by atoms with Gasteiger partial charge in [-0.2, -0.15) is 0 Å². The summed E-state index contributed by atoms with van der Waals surface area (Å²) >= 11 is 5.88. The third-order valence-electron chi connectivity index (χ3n) is 3.07. The molecule has 19 heavy (non-hydrogen) atoms. The number of fused-ring (bicyclic) bond motifs is 1. The smallest absolute Gasteiger partial charge is 0.297 e. The van der Waals surface area contributed by atoms with Crippen LogP contribution in [-0.2, 0) is 9.59 Å². The summed E-state index contributed by atoms with van der Waals surface area (Å²) in [4.78, 5) is 37.0. The molecule has 1 aliphatic rings. The fourth-order valence-electron chi connectivity index (χ4n) is 1.81. The standard InChI is InChI=1S/C14H14ClNO3/c1-14(2,3)11(17)7-16-10-6-8(15)4-5-9(10)12(18)13(16)19/h4-6H,7H2,1-3H3. The van der Waals surface area contributed by atoms with Gasteiger partial charge in [0, 0.05) is 10.4 Å². The molecule has 1 aromatic carbocycles. The van der Waals surface area contributed by atoms with Gasteiger partial charge < -0.3 is 0 Å². The quantitative estimate of drug-likeness (QED) is 0.782. The molecule has 1 aliphatic heterocycles. The number of halogens is 1. The van der Waals surface area contributed by atoms with Crippen molar-refractivity contribution >= 4 is 34.8 Å². The Morgan fingerprint density at radius 1 is 1.26 bits per heavy atom. The number of carbonyl (C=O) groups is 3. The predicted molar refractivity (Wildman–Crippen MR) is 72.6 cm³/mol. The zero-order chi connectivity index (χ0) is 14.4. The fourth-order valence-corrected chi connectivity index (χ4v) is 1.97. The van der Waals surface area contributed by atoms with E-state index < -0.39 is 17.1 Å². The second kappa shape index (κ2) is 4.46. The van der Waals surface area contributed by atoms with Crippen LogP contribution in [0.25, 0.3) is 0 Å². The molecule has 0 aliphatic carbocycles. The van der Waals surface area contributed by atoms with Gasteiger partial charge >= 0.3 is 0 Å². The van der Waals surface area contributed by atoms with E-state index in [2.05, 4.69) is 0 Å². The zero-order valence-corrected chi connectivity index (χ0v) is 11.7. The highest BCUT2D eigenvalue weighted by atomic mass is 35.5. The maximum atomic E-state index is 12.0. The summed E-state index contributed by atoms with van der Waals surface area (Å²) in [5.41, 5.74) is 0.154. The van der Waals surface area contributed by atoms with Gasteiger partial charge in [0.2, 0.25) is 0 Å². The Labute approximate surface area is 116 Å². The highest BCUT2D eigenvalue weighted by Gasteiger charge is 2.38. The molecular formula is C14H14ClNO3. The largest absolute Gasteiger partial charge is 0.299 e. The van der Waals surface area contributed by atoms with Crippen LogP contribution >= 0.6 is 11.6 Å². The third kappa shape index (κ3) is 2.40. The van der Waals surface area contributed by atoms with E-state index >= 15 is 0 Å². The van der Waals surface area contributed by atoms with Crippen molar-refractivity contribution in [3.8, 4) is 0 Å². The first kappa shape index (κ1) is 13.7. The molecule has 1 heterocycles. The molecule has 0 unspecified atom stereocenters. The molecule has 2 rings (SSSR count). The monoisotopic (exact) mass is 279 g/mol. The molecule has 0 fully saturated rings. The van der Waals surface area contributed by atoms with Crippen LogP contribution in [0.2, 0.25) is 5.02 Å². The summed E-state index contributed by atoms with van der Waals surface area (Å²) < 4.78 is 0. The van der Waals surface area contributed by atoms with E-state index in [1.165, 1.54) is 17.0 Å². The molecule has 1 aromatic rings. The van der Waals surface area contributed by atoms with Crippen molar-refractivity contribution in [3.63, 3.8) is 0 Å². The summed E-state index contributed by atoms with van der Waals surface area (Å²) in [5.74, 6) is -1.37. The van der Waals surface area contributed by atoms with Crippen molar-refractivity contribution in [1.82, 2.24) is 0 Å². The van der Waals surface area contributed by atoms with E-state index in [0.717, 1.165) is 0 Å². The Morgan fingerprint density at radius 3 is 2.47 bits per heavy atom. The molecule has 100 valence electrons. The number of hydrogen-bond donors (Lipinski definition) is 0. The van der Waals surface area contributed by atoms with Gasteiger partial charge in [-0.1, -0.05) is 32.4 Å². The molecule has 1 amide bonds. The van der Waals surface area contributed by atoms with Crippen LogP contribution in [0.1, 0.15) is 31.1 Å². The van der Waals surface area contributed by atoms with Crippen LogP contribution in [0.5, 0.6) is 0 Å². The van der Waals surface area contributed by atoms with Gasteiger partial charge in [-0.05, 0) is 18.2 Å². The van der Waals surface area contributed by atoms with E-state index in [1.807, 2.05) is 0 Å². The van der Waals surface area contributed by atoms with Crippen LogP contribution in [0.4, 0.5) is 5.69 Å². The Balaban J connectivity index is 2.38. The molecule has 0 bridgehead atoms. The topological polar surface area (TPSA) is 54.5 Å². The minimum absolute atomic E-state index is 0.110. The molecule has 0 atom stereocenters. The number of ketones is 2. The molecule has 0 saturated heterocycles. The highest BCUT2D eigenvalue weighted by molar-refractivity contribution is 6.53. The van der Waals surface area contributed by atoms with Crippen LogP contribution in [0, 0.1) is 5.41 Å². The molecule has 0 N–H and O–H groups in total. The third-order valence-corrected chi connectivity index (χ3v) is 3.31. The van der Waals surface area contributed by atoms with Gasteiger partial charge in [-0.15, -0.1) is 0 Å². The van der Waals surface area contributed by atoms with E-state index in [0.29, 0.717) is 16.3 Å². The number of nitrogens with zero attached hydrogens (tertiary/aromatic N) is 1. The Hall–Kier alpha value is -1.68. The Bertz CT molecular complexity index is 587. The van der Waals surface area contributed by atoms with Crippen LogP contribution in [0.3, 0.4) is 0 Å². The lowest BCUT2D eigenvalue weighted by atomic mass is 9.90. The first-order chi connectivity index (χ1) is 8.71. The van der Waals surface area contributed by atoms with Crippen molar-refractivity contribution in [2.24, 2.45) is 5.41 Å². The number of amides is 1. The highest BCUT2D eigenvalue weighted by Crippen LogP contribution is 2.32. The number of hydrogen-bond acceptors (Lipinski definition) is 3. The van der Waals surface area contributed by atoms with Gasteiger partial charge in [0.1, 0.15) is 0 Å². The molecule has 4 nitrogen and oxygen atoms in total. The minimum atomic E-state index is -0.671. The van der Waals surface area contributed by atoms with Crippen LogP contribution in [0.15, 0.2) is 18.2 Å². The van der Waals surface area contributed by atoms with E-state index in [-0.39, 0.29) is 12.3 Å². The predicted octanol–water partition coefficient (Wildman–Crippen LogP) is 2.48. The number of benzene rings is 1. The van der Waals surface area contributed by atoms with Gasteiger partial charge in [-0.3, -0.25) is 19.3 Å². The van der Waals surface area contributed by atoms with E-state index in [1.54, 1.807) is 26.8 Å². The molecule has 0 spiro atoms. The number of Topliss-reactive ketones (excluding diaryl/α,β-unsaturated/α-hetero) is 2. The van der Waals surface area contributed by atoms with Crippen molar-refractivity contribution in [2.75, 3.05) is 11.4 Å². The summed E-state index contributed by atoms with van der Waals surface area (Å²) in [6, 6.07) is 4.61. The second-order valence-electron chi connectivity index (χ2n) is 5.56. The maximum absolute atomic E-state index is 12.0. The molecular weight excluding hydrogens is 266 g/mol. The first-order valence-electron chi connectivity index (χ1n) is 5.91. The fraction of sp³-hybridized carbons (Fsp3) is 0.357. The number of carbonyl (C=O) groups excluding carboxylic acids is 3. The van der Waals surface area contributed by atoms with Crippen LogP contribution < -0.4 is 4.90 Å². The summed E-state index contributed by atoms with van der Waals surface area (Å²) in [6.07, 6.45) is 0. The van der Waals surface area contributed by atoms with Crippen molar-refractivity contribution in [1.29, 1.82) is 0 Å². The first-order valence-corrected chi connectivity index (χ1v) is 6.28. The zero-order valence-electron chi connectivity index (χ0n) is 11.0. The van der Waals surface area contributed by atoms with E-state index in [9.17, 15) is 14.4 Å². The lowest BCUT2D eigenvalue weighted by molar-refractivity contribution is -0.126. The number of rotatable bonds is 2. The average molecular weight is 280 g/mol. The average Bonchev–Trinajstić information content (AvgIpc) is 2.53. The SMILES string of the molecule is CC(C)(C)C(=O)CN1C(=O)C(=O)c2ccc(Cl)cc21. The summed E-state index contributed by atoms with van der Waals surface area (Å²) in [5, 5.41) is 0.425. The minimum Gasteiger partial charge on any atom is -0.297 e. The maximum Gasteiger partial charge on any atom is 0.299 e. The van der Waals surface area contributed by atoms with Crippen molar-refractivity contribution < 1.29 is 14.4 Å². The van der Waals surface area contributed by atoms with Gasteiger partial charge in [-0.25, -0.2) is 0 Å². The van der Waals surface area contributed by atoms with Gasteiger partial charge in [0.25, 0.3) is 11.7 Å². The lowest BCUT2D eigenvalue weighted by Gasteiger charge is -2.22. The number of anilines is 1. The second-order valence-corrected chi connectivity index (χ2v) is 5.99. The molecule has 0 saturated carbocycles. The molecule has 0 radical (unpaired) electrons. The lowest BCUT2D eigenvalue weighted by Crippen LogP contribution is -2.39. The molecule has 0 aromatic heterocycles. The summed E-state index contributed by atoms with van der Waals surface area (Å²) in [7, 11) is 0. The van der Waals surface area contributed by atoms with Gasteiger partial charge in [0.15, 0.2) is 5.78 Å². The molecule has 5 heteroatoms. The van der Waals surface area contributed by atoms with E-state index in [4.69, 9.17) is 11.6 Å². The Kier molecular flexibility index (Phi) is 3.22. The van der Waals surface area contributed by atoms with Crippen LogP contribution in [-0.4, -0.2) is 24.0 Å². The normalized spacial score (nSPS) is 14.8. The summed E-state index contributed by atoms with van der Waals surface area (Å²) in [6.45, 7) is 5.21. The van der Waals surface area contributed by atoms with Gasteiger partial charge in [0.05, 0.1) is 17.8 Å². The van der Waals surface area contributed by atoms with Crippen molar-refractivity contribution in [2.45, 2.75) is 20.8 Å².